The van der Waals surface area contributed by atoms with Crippen molar-refractivity contribution in [1.82, 2.24) is 10.6 Å². The quantitative estimate of drug-likeness (QED) is 0.237. The number of rotatable bonds is 6. The number of nitrogens with one attached hydrogen (secondary N) is 2. The van der Waals surface area contributed by atoms with E-state index in [1.807, 2.05) is 24.3 Å². The third-order valence-electron chi connectivity index (χ3n) is 3.27. The van der Waals surface area contributed by atoms with Gasteiger partial charge in [0.25, 0.3) is 0 Å². The van der Waals surface area contributed by atoms with Gasteiger partial charge in [-0.1, -0.05) is 35.9 Å². The molecule has 1 aromatic carbocycles. The van der Waals surface area contributed by atoms with Gasteiger partial charge in [-0.15, -0.1) is 24.0 Å². The summed E-state index contributed by atoms with van der Waals surface area (Å²) in [6.45, 7) is 1.91. The van der Waals surface area contributed by atoms with Gasteiger partial charge in [0.1, 0.15) is 0 Å². The van der Waals surface area contributed by atoms with Gasteiger partial charge < -0.3 is 15.4 Å². The van der Waals surface area contributed by atoms with E-state index < -0.39 is 0 Å². The van der Waals surface area contributed by atoms with E-state index in [9.17, 15) is 0 Å². The molecule has 1 aromatic rings. The molecule has 0 heterocycles. The van der Waals surface area contributed by atoms with Crippen LogP contribution in [0.2, 0.25) is 5.02 Å². The minimum atomic E-state index is 0. The highest BCUT2D eigenvalue weighted by Gasteiger charge is 2.10. The number of hydrogen-bond acceptors (Lipinski definition) is 2. The van der Waals surface area contributed by atoms with Crippen molar-refractivity contribution < 1.29 is 4.74 Å². The lowest BCUT2D eigenvalue weighted by Gasteiger charge is -2.16. The summed E-state index contributed by atoms with van der Waals surface area (Å²) in [5.74, 6) is 0.829. The standard InChI is InChI=1S/C16H22ClN3O.HI/c1-18-16(20-15-7-2-3-8-15)19-9-10-21-12-13-5-4-6-14(17)11-13;/h2-6,11,15H,7-10,12H2,1H3,(H2,18,19,20);1H. The van der Waals surface area contributed by atoms with E-state index in [1.54, 1.807) is 7.05 Å². The fraction of sp³-hybridized carbons (Fsp3) is 0.438. The topological polar surface area (TPSA) is 45.7 Å². The van der Waals surface area contributed by atoms with Crippen LogP contribution in [-0.2, 0) is 11.3 Å². The van der Waals surface area contributed by atoms with Gasteiger partial charge in [0.2, 0.25) is 0 Å². The first-order valence-corrected chi connectivity index (χ1v) is 7.60. The molecule has 0 spiro atoms. The Morgan fingerprint density at radius 1 is 1.36 bits per heavy atom. The van der Waals surface area contributed by atoms with E-state index in [0.717, 1.165) is 35.9 Å². The molecule has 22 heavy (non-hydrogen) atoms. The molecule has 0 aromatic heterocycles. The van der Waals surface area contributed by atoms with Gasteiger partial charge in [0.15, 0.2) is 5.96 Å². The molecule has 0 aliphatic heterocycles. The lowest BCUT2D eigenvalue weighted by atomic mass is 10.2. The van der Waals surface area contributed by atoms with Gasteiger partial charge in [0, 0.05) is 24.7 Å². The van der Waals surface area contributed by atoms with Crippen LogP contribution in [0.15, 0.2) is 41.4 Å². The zero-order chi connectivity index (χ0) is 14.9. The van der Waals surface area contributed by atoms with Gasteiger partial charge in [-0.05, 0) is 30.5 Å². The maximum absolute atomic E-state index is 5.93. The first-order valence-electron chi connectivity index (χ1n) is 7.22. The molecule has 0 bridgehead atoms. The molecule has 0 atom stereocenters. The maximum atomic E-state index is 5.93. The summed E-state index contributed by atoms with van der Waals surface area (Å²) in [5, 5.41) is 7.38. The van der Waals surface area contributed by atoms with Crippen LogP contribution in [0.25, 0.3) is 0 Å². The second-order valence-electron chi connectivity index (χ2n) is 4.97. The maximum Gasteiger partial charge on any atom is 0.191 e. The van der Waals surface area contributed by atoms with Gasteiger partial charge in [0.05, 0.1) is 13.2 Å². The van der Waals surface area contributed by atoms with Crippen LogP contribution in [0.4, 0.5) is 0 Å². The molecule has 2 rings (SSSR count). The third kappa shape index (κ3) is 6.98. The molecule has 1 aliphatic carbocycles. The Morgan fingerprint density at radius 2 is 2.14 bits per heavy atom. The van der Waals surface area contributed by atoms with Crippen molar-refractivity contribution in [2.75, 3.05) is 20.2 Å². The number of nitrogens with zero attached hydrogens (tertiary/aromatic N) is 1. The van der Waals surface area contributed by atoms with Crippen molar-refractivity contribution in [3.8, 4) is 0 Å². The van der Waals surface area contributed by atoms with Crippen LogP contribution < -0.4 is 10.6 Å². The molecule has 0 saturated heterocycles. The fourth-order valence-electron chi connectivity index (χ4n) is 2.18. The van der Waals surface area contributed by atoms with Gasteiger partial charge >= 0.3 is 0 Å². The molecule has 1 aliphatic rings. The highest BCUT2D eigenvalue weighted by Crippen LogP contribution is 2.11. The zero-order valence-corrected chi connectivity index (χ0v) is 15.8. The Hall–Kier alpha value is -0.790. The molecule has 4 nitrogen and oxygen atoms in total. The Morgan fingerprint density at radius 3 is 2.82 bits per heavy atom. The summed E-state index contributed by atoms with van der Waals surface area (Å²) < 4.78 is 5.62. The summed E-state index contributed by atoms with van der Waals surface area (Å²) >= 11 is 5.93. The van der Waals surface area contributed by atoms with Gasteiger partial charge in [-0.3, -0.25) is 4.99 Å². The first kappa shape index (κ1) is 19.3. The van der Waals surface area contributed by atoms with Crippen LogP contribution >= 0.6 is 35.6 Å². The Labute approximate surface area is 154 Å². The van der Waals surface area contributed by atoms with E-state index >= 15 is 0 Å². The van der Waals surface area contributed by atoms with Crippen molar-refractivity contribution in [2.45, 2.75) is 25.5 Å². The summed E-state index contributed by atoms with van der Waals surface area (Å²) in [6, 6.07) is 8.18. The predicted molar refractivity (Wildman–Crippen MR) is 103 cm³/mol. The summed E-state index contributed by atoms with van der Waals surface area (Å²) in [4.78, 5) is 4.21. The summed E-state index contributed by atoms with van der Waals surface area (Å²) in [6.07, 6.45) is 6.51. The lowest BCUT2D eigenvalue weighted by molar-refractivity contribution is 0.125. The number of ether oxygens (including phenoxy) is 1. The van der Waals surface area contributed by atoms with Crippen molar-refractivity contribution >= 4 is 41.5 Å². The normalized spacial score (nSPS) is 14.7. The SMILES string of the molecule is CN=C(NCCOCc1cccc(Cl)c1)NC1CC=CC1.I. The number of aliphatic imine (C=N–C) groups is 1. The minimum Gasteiger partial charge on any atom is -0.375 e. The second-order valence-corrected chi connectivity index (χ2v) is 5.40. The Balaban J connectivity index is 0.00000242. The molecule has 0 amide bonds. The van der Waals surface area contributed by atoms with E-state index in [0.29, 0.717) is 19.3 Å². The lowest BCUT2D eigenvalue weighted by Crippen LogP contribution is -2.43. The fourth-order valence-corrected chi connectivity index (χ4v) is 2.39. The molecule has 2 N–H and O–H groups in total. The van der Waals surface area contributed by atoms with Crippen LogP contribution in [-0.4, -0.2) is 32.2 Å². The van der Waals surface area contributed by atoms with Crippen molar-refractivity contribution in [1.29, 1.82) is 0 Å². The first-order chi connectivity index (χ1) is 10.3. The molecular weight excluding hydrogens is 413 g/mol. The predicted octanol–water partition coefficient (Wildman–Crippen LogP) is 3.36. The molecular formula is C16H23ClIN3O. The molecule has 6 heteroatoms. The van der Waals surface area contributed by atoms with Gasteiger partial charge in [-0.25, -0.2) is 0 Å². The average Bonchev–Trinajstić information content (AvgIpc) is 2.98. The van der Waals surface area contributed by atoms with Crippen molar-refractivity contribution in [2.24, 2.45) is 4.99 Å². The van der Waals surface area contributed by atoms with Crippen LogP contribution in [0.5, 0.6) is 0 Å². The average molecular weight is 436 g/mol. The third-order valence-corrected chi connectivity index (χ3v) is 3.50. The Bertz CT molecular complexity index is 500. The van der Waals surface area contributed by atoms with E-state index in [1.165, 1.54) is 0 Å². The summed E-state index contributed by atoms with van der Waals surface area (Å²) in [7, 11) is 1.78. The van der Waals surface area contributed by atoms with Crippen LogP contribution in [0.3, 0.4) is 0 Å². The van der Waals surface area contributed by atoms with Crippen LogP contribution in [0.1, 0.15) is 18.4 Å². The van der Waals surface area contributed by atoms with Gasteiger partial charge in [-0.2, -0.15) is 0 Å². The zero-order valence-electron chi connectivity index (χ0n) is 12.7. The second kappa shape index (κ2) is 10.9. The molecule has 0 saturated carbocycles. The number of halogens is 2. The number of hydrogen-bond donors (Lipinski definition) is 2. The number of benzene rings is 1. The minimum absolute atomic E-state index is 0. The molecule has 0 radical (unpaired) electrons. The molecule has 0 unspecified atom stereocenters. The molecule has 0 fully saturated rings. The van der Waals surface area contributed by atoms with E-state index in [-0.39, 0.29) is 24.0 Å². The van der Waals surface area contributed by atoms with Crippen LogP contribution in [0, 0.1) is 0 Å². The summed E-state index contributed by atoms with van der Waals surface area (Å²) in [5.41, 5.74) is 1.09. The largest absolute Gasteiger partial charge is 0.375 e. The van der Waals surface area contributed by atoms with Crippen molar-refractivity contribution in [3.05, 3.63) is 47.0 Å². The highest BCUT2D eigenvalue weighted by atomic mass is 127. The highest BCUT2D eigenvalue weighted by molar-refractivity contribution is 14.0. The van der Waals surface area contributed by atoms with E-state index in [2.05, 4.69) is 27.8 Å². The van der Waals surface area contributed by atoms with Crippen molar-refractivity contribution in [3.63, 3.8) is 0 Å². The smallest absolute Gasteiger partial charge is 0.191 e. The molecule has 122 valence electrons. The Kier molecular flexibility index (Phi) is 9.50. The number of guanidine groups is 1. The monoisotopic (exact) mass is 435 g/mol. The van der Waals surface area contributed by atoms with E-state index in [4.69, 9.17) is 16.3 Å².